The average molecular weight is 651 g/mol. The van der Waals surface area contributed by atoms with E-state index < -0.39 is 6.10 Å². The second kappa shape index (κ2) is 39.5. The fraction of sp³-hybridized carbons (Fsp3) is 0.605. The zero-order valence-corrected chi connectivity index (χ0v) is 30.3. The van der Waals surface area contributed by atoms with E-state index in [9.17, 15) is 9.90 Å². The summed E-state index contributed by atoms with van der Waals surface area (Å²) in [4.78, 5) is 12.1. The van der Waals surface area contributed by atoms with Crippen LogP contribution in [0.15, 0.2) is 97.2 Å². The normalized spacial score (nSPS) is 13.5. The maximum atomic E-state index is 12.1. The number of unbranched alkanes of at least 4 members (excludes halogenated alkanes) is 9. The number of carbonyl (C=O) groups is 1. The maximum absolute atomic E-state index is 12.1. The summed E-state index contributed by atoms with van der Waals surface area (Å²) < 4.78 is 11.1. The van der Waals surface area contributed by atoms with Crippen molar-refractivity contribution in [1.82, 2.24) is 0 Å². The standard InChI is InChI=1S/C43H70O4/c1-3-5-7-9-11-13-15-17-19-21-23-25-27-29-31-33-35-37-39-46-41-42(40-44)47-43(45)38-36-34-32-30-28-26-24-22-20-18-16-14-12-10-8-6-4-2/h5-8,11-14,17-20,24,26,30,32,42,44H,3-4,9-10,15-16,21-23,25,27-29,31,33-41H2,1-2H3/b7-5-,8-6-,13-11-,14-12-,19-17-,20-18-,26-24-,32-30-. The molecule has 0 aromatic carbocycles. The molecule has 0 aliphatic carbocycles. The molecular formula is C43H70O4. The molecule has 0 aromatic rings. The van der Waals surface area contributed by atoms with Gasteiger partial charge in [0.25, 0.3) is 0 Å². The minimum absolute atomic E-state index is 0.204. The predicted molar refractivity (Wildman–Crippen MR) is 205 cm³/mol. The first kappa shape index (κ1) is 44.3. The number of hydrogen-bond donors (Lipinski definition) is 1. The Bertz CT molecular complexity index is 903. The molecule has 1 unspecified atom stereocenters. The van der Waals surface area contributed by atoms with Crippen LogP contribution in [0.1, 0.15) is 142 Å². The summed E-state index contributed by atoms with van der Waals surface area (Å²) in [6.07, 6.45) is 56.0. The highest BCUT2D eigenvalue weighted by atomic mass is 16.6. The largest absolute Gasteiger partial charge is 0.457 e. The van der Waals surface area contributed by atoms with Crippen molar-refractivity contribution in [3.8, 4) is 0 Å². The lowest BCUT2D eigenvalue weighted by atomic mass is 10.1. The Balaban J connectivity index is 3.60. The molecule has 0 heterocycles. The second-order valence-corrected chi connectivity index (χ2v) is 11.9. The minimum Gasteiger partial charge on any atom is -0.457 e. The second-order valence-electron chi connectivity index (χ2n) is 11.9. The molecule has 0 aromatic heterocycles. The molecule has 0 spiro atoms. The number of ether oxygens (including phenoxy) is 2. The van der Waals surface area contributed by atoms with E-state index in [-0.39, 0.29) is 19.2 Å². The molecule has 0 aliphatic rings. The fourth-order valence-electron chi connectivity index (χ4n) is 4.67. The number of hydrogen-bond acceptors (Lipinski definition) is 4. The lowest BCUT2D eigenvalue weighted by Crippen LogP contribution is -2.27. The molecule has 0 aliphatic heterocycles. The lowest BCUT2D eigenvalue weighted by molar-refractivity contribution is -0.154. The molecule has 0 bridgehead atoms. The number of carbonyl (C=O) groups excluding carboxylic acids is 1. The summed E-state index contributed by atoms with van der Waals surface area (Å²) >= 11 is 0. The first-order valence-corrected chi connectivity index (χ1v) is 18.8. The molecule has 266 valence electrons. The SMILES string of the molecule is CC/C=C\C/C=C\C/C=C\C/C=C\C/C=C\CCCC(=O)OC(CO)COCCCCCCCCCC/C=C\C/C=C\C/C=C\CC. The number of aliphatic hydroxyl groups excluding tert-OH is 1. The van der Waals surface area contributed by atoms with E-state index in [1.165, 1.54) is 44.9 Å². The van der Waals surface area contributed by atoms with E-state index >= 15 is 0 Å². The summed E-state index contributed by atoms with van der Waals surface area (Å²) in [5, 5.41) is 9.56. The smallest absolute Gasteiger partial charge is 0.306 e. The molecule has 1 N–H and O–H groups in total. The van der Waals surface area contributed by atoms with Gasteiger partial charge in [0.05, 0.1) is 13.2 Å². The van der Waals surface area contributed by atoms with Crippen molar-refractivity contribution in [2.45, 2.75) is 148 Å². The van der Waals surface area contributed by atoms with E-state index in [1.54, 1.807) is 0 Å². The van der Waals surface area contributed by atoms with Crippen LogP contribution in [0.2, 0.25) is 0 Å². The van der Waals surface area contributed by atoms with Crippen LogP contribution in [-0.2, 0) is 14.3 Å². The predicted octanol–water partition coefficient (Wildman–Crippen LogP) is 12.2. The van der Waals surface area contributed by atoms with Crippen molar-refractivity contribution < 1.29 is 19.4 Å². The summed E-state index contributed by atoms with van der Waals surface area (Å²) in [6.45, 7) is 5.02. The van der Waals surface area contributed by atoms with Gasteiger partial charge in [-0.1, -0.05) is 150 Å². The van der Waals surface area contributed by atoms with Crippen molar-refractivity contribution in [3.05, 3.63) is 97.2 Å². The van der Waals surface area contributed by atoms with Crippen LogP contribution in [0.5, 0.6) is 0 Å². The van der Waals surface area contributed by atoms with Gasteiger partial charge in [0.15, 0.2) is 0 Å². The van der Waals surface area contributed by atoms with Crippen molar-refractivity contribution in [1.29, 1.82) is 0 Å². The molecule has 0 radical (unpaired) electrons. The molecule has 1 atom stereocenters. The Morgan fingerprint density at radius 1 is 0.511 bits per heavy atom. The van der Waals surface area contributed by atoms with Crippen molar-refractivity contribution >= 4 is 5.97 Å². The Hall–Kier alpha value is -2.69. The molecular weight excluding hydrogens is 580 g/mol. The van der Waals surface area contributed by atoms with E-state index in [2.05, 4.69) is 111 Å². The van der Waals surface area contributed by atoms with Gasteiger partial charge in [0, 0.05) is 13.0 Å². The quantitative estimate of drug-likeness (QED) is 0.0436. The van der Waals surface area contributed by atoms with Gasteiger partial charge in [-0.05, 0) is 83.5 Å². The Kier molecular flexibility index (Phi) is 37.2. The highest BCUT2D eigenvalue weighted by Gasteiger charge is 2.13. The summed E-state index contributed by atoms with van der Waals surface area (Å²) in [6, 6.07) is 0. The molecule has 47 heavy (non-hydrogen) atoms. The molecule has 4 heteroatoms. The third-order valence-corrected chi connectivity index (χ3v) is 7.40. The van der Waals surface area contributed by atoms with Gasteiger partial charge in [0.1, 0.15) is 6.10 Å². The van der Waals surface area contributed by atoms with Crippen LogP contribution in [-0.4, -0.2) is 37.0 Å². The summed E-state index contributed by atoms with van der Waals surface area (Å²) in [5.41, 5.74) is 0. The third kappa shape index (κ3) is 37.6. The Labute approximate surface area is 290 Å². The van der Waals surface area contributed by atoms with Gasteiger partial charge in [-0.2, -0.15) is 0 Å². The van der Waals surface area contributed by atoms with Crippen molar-refractivity contribution in [2.24, 2.45) is 0 Å². The van der Waals surface area contributed by atoms with E-state index in [0.29, 0.717) is 13.0 Å². The van der Waals surface area contributed by atoms with Gasteiger partial charge < -0.3 is 14.6 Å². The highest BCUT2D eigenvalue weighted by Crippen LogP contribution is 2.11. The monoisotopic (exact) mass is 651 g/mol. The number of rotatable bonds is 33. The fourth-order valence-corrected chi connectivity index (χ4v) is 4.67. The van der Waals surface area contributed by atoms with Crippen LogP contribution >= 0.6 is 0 Å². The van der Waals surface area contributed by atoms with Crippen LogP contribution < -0.4 is 0 Å². The molecule has 0 amide bonds. The molecule has 4 nitrogen and oxygen atoms in total. The molecule has 0 fully saturated rings. The van der Waals surface area contributed by atoms with Crippen LogP contribution in [0.4, 0.5) is 0 Å². The average Bonchev–Trinajstić information content (AvgIpc) is 3.08. The van der Waals surface area contributed by atoms with Crippen LogP contribution in [0.25, 0.3) is 0 Å². The molecule has 0 rings (SSSR count). The molecule has 0 saturated heterocycles. The van der Waals surface area contributed by atoms with Gasteiger partial charge in [-0.15, -0.1) is 0 Å². The van der Waals surface area contributed by atoms with Crippen LogP contribution in [0, 0.1) is 0 Å². The van der Waals surface area contributed by atoms with Gasteiger partial charge >= 0.3 is 5.97 Å². The maximum Gasteiger partial charge on any atom is 0.306 e. The number of aliphatic hydroxyl groups is 1. The lowest BCUT2D eigenvalue weighted by Gasteiger charge is -2.15. The first-order valence-electron chi connectivity index (χ1n) is 18.8. The van der Waals surface area contributed by atoms with Crippen LogP contribution in [0.3, 0.4) is 0 Å². The Morgan fingerprint density at radius 2 is 0.894 bits per heavy atom. The summed E-state index contributed by atoms with van der Waals surface area (Å²) in [5.74, 6) is -0.265. The number of esters is 1. The highest BCUT2D eigenvalue weighted by molar-refractivity contribution is 5.69. The van der Waals surface area contributed by atoms with Gasteiger partial charge in [0.2, 0.25) is 0 Å². The molecule has 0 saturated carbocycles. The van der Waals surface area contributed by atoms with E-state index in [1.807, 2.05) is 0 Å². The van der Waals surface area contributed by atoms with Crippen molar-refractivity contribution in [2.75, 3.05) is 19.8 Å². The minimum atomic E-state index is -0.574. The van der Waals surface area contributed by atoms with Gasteiger partial charge in [-0.3, -0.25) is 4.79 Å². The zero-order chi connectivity index (χ0) is 34.1. The topological polar surface area (TPSA) is 55.8 Å². The Morgan fingerprint density at radius 3 is 1.34 bits per heavy atom. The van der Waals surface area contributed by atoms with E-state index in [0.717, 1.165) is 77.0 Å². The first-order chi connectivity index (χ1) is 23.2. The van der Waals surface area contributed by atoms with Crippen molar-refractivity contribution in [3.63, 3.8) is 0 Å². The van der Waals surface area contributed by atoms with Gasteiger partial charge in [-0.25, -0.2) is 0 Å². The third-order valence-electron chi connectivity index (χ3n) is 7.40. The zero-order valence-electron chi connectivity index (χ0n) is 30.3. The number of allylic oxidation sites excluding steroid dienone is 16. The van der Waals surface area contributed by atoms with E-state index in [4.69, 9.17) is 9.47 Å². The summed E-state index contributed by atoms with van der Waals surface area (Å²) in [7, 11) is 0.